The van der Waals surface area contributed by atoms with Gasteiger partial charge in [0.25, 0.3) is 11.8 Å². The predicted octanol–water partition coefficient (Wildman–Crippen LogP) is 2.44. The number of benzene rings is 2. The molecule has 2 aromatic rings. The largest absolute Gasteiger partial charge is 0.466 e. The lowest BCUT2D eigenvalue weighted by molar-refractivity contribution is -0.144. The molecule has 0 aliphatic heterocycles. The summed E-state index contributed by atoms with van der Waals surface area (Å²) in [4.78, 5) is 47.3. The van der Waals surface area contributed by atoms with Crippen molar-refractivity contribution in [3.63, 3.8) is 0 Å². The van der Waals surface area contributed by atoms with E-state index in [-0.39, 0.29) is 50.3 Å². The van der Waals surface area contributed by atoms with Crippen LogP contribution in [0.4, 0.5) is 5.69 Å². The molecule has 0 aliphatic carbocycles. The molecule has 0 atom stereocenters. The summed E-state index contributed by atoms with van der Waals surface area (Å²) in [5, 5.41) is 8.11. The fraction of sp³-hybridized carbons (Fsp3) is 0.304. The van der Waals surface area contributed by atoms with Gasteiger partial charge in [-0.3, -0.25) is 19.2 Å². The molecule has 31 heavy (non-hydrogen) atoms. The number of ether oxygens (including phenoxy) is 1. The number of amides is 3. The van der Waals surface area contributed by atoms with E-state index in [1.165, 1.54) is 0 Å². The standard InChI is InChI=1S/C23H27N3O5/c1-3-31-21(28)13-12-20(27)24-14-15-25-22(29)17-8-10-19(11-9-17)26-23(30)18-6-4-16(2)5-7-18/h4-11H,3,12-15H2,1-2H3,(H,24,27)(H,25,29)(H,26,30). The zero-order chi connectivity index (χ0) is 22.6. The van der Waals surface area contributed by atoms with E-state index in [1.807, 2.05) is 19.1 Å². The van der Waals surface area contributed by atoms with Crippen molar-refractivity contribution in [2.24, 2.45) is 0 Å². The van der Waals surface area contributed by atoms with Crippen LogP contribution >= 0.6 is 0 Å². The zero-order valence-corrected chi connectivity index (χ0v) is 17.7. The van der Waals surface area contributed by atoms with E-state index in [9.17, 15) is 19.2 Å². The average molecular weight is 425 g/mol. The molecule has 2 aromatic carbocycles. The van der Waals surface area contributed by atoms with Crippen molar-refractivity contribution in [1.82, 2.24) is 10.6 Å². The van der Waals surface area contributed by atoms with Crippen LogP contribution in [0.25, 0.3) is 0 Å². The number of nitrogens with one attached hydrogen (secondary N) is 3. The lowest BCUT2D eigenvalue weighted by Crippen LogP contribution is -2.34. The molecule has 0 radical (unpaired) electrons. The van der Waals surface area contributed by atoms with Gasteiger partial charge in [0.1, 0.15) is 0 Å². The Hall–Kier alpha value is -3.68. The van der Waals surface area contributed by atoms with E-state index < -0.39 is 5.97 Å². The second-order valence-corrected chi connectivity index (χ2v) is 6.81. The molecule has 0 saturated heterocycles. The van der Waals surface area contributed by atoms with Crippen LogP contribution in [-0.2, 0) is 14.3 Å². The first-order valence-corrected chi connectivity index (χ1v) is 10.1. The highest BCUT2D eigenvalue weighted by atomic mass is 16.5. The zero-order valence-electron chi connectivity index (χ0n) is 17.7. The van der Waals surface area contributed by atoms with Crippen molar-refractivity contribution >= 4 is 29.4 Å². The maximum absolute atomic E-state index is 12.2. The van der Waals surface area contributed by atoms with Crippen molar-refractivity contribution in [2.45, 2.75) is 26.7 Å². The van der Waals surface area contributed by atoms with E-state index in [0.717, 1.165) is 5.56 Å². The fourth-order valence-electron chi connectivity index (χ4n) is 2.63. The summed E-state index contributed by atoms with van der Waals surface area (Å²) in [6, 6.07) is 13.8. The fourth-order valence-corrected chi connectivity index (χ4v) is 2.63. The van der Waals surface area contributed by atoms with Gasteiger partial charge in [-0.2, -0.15) is 0 Å². The molecule has 164 valence electrons. The maximum Gasteiger partial charge on any atom is 0.306 e. The van der Waals surface area contributed by atoms with Gasteiger partial charge in [0, 0.05) is 36.3 Å². The molecular weight excluding hydrogens is 398 g/mol. The number of esters is 1. The number of hydrogen-bond donors (Lipinski definition) is 3. The quantitative estimate of drug-likeness (QED) is 0.400. The van der Waals surface area contributed by atoms with Crippen molar-refractivity contribution < 1.29 is 23.9 Å². The van der Waals surface area contributed by atoms with Gasteiger partial charge in [0.05, 0.1) is 13.0 Å². The molecule has 0 bridgehead atoms. The average Bonchev–Trinajstić information content (AvgIpc) is 2.76. The van der Waals surface area contributed by atoms with Gasteiger partial charge >= 0.3 is 5.97 Å². The molecule has 8 heteroatoms. The van der Waals surface area contributed by atoms with Crippen LogP contribution in [0.2, 0.25) is 0 Å². The van der Waals surface area contributed by atoms with Crippen LogP contribution in [0.1, 0.15) is 46.0 Å². The molecule has 0 fully saturated rings. The molecule has 0 spiro atoms. The molecule has 0 saturated carbocycles. The summed E-state index contributed by atoms with van der Waals surface area (Å²) >= 11 is 0. The number of rotatable bonds is 10. The summed E-state index contributed by atoms with van der Waals surface area (Å²) in [6.45, 7) is 4.43. The van der Waals surface area contributed by atoms with Crippen LogP contribution < -0.4 is 16.0 Å². The van der Waals surface area contributed by atoms with Gasteiger partial charge in [0.2, 0.25) is 5.91 Å². The van der Waals surface area contributed by atoms with Gasteiger partial charge in [-0.15, -0.1) is 0 Å². The third-order valence-electron chi connectivity index (χ3n) is 4.31. The maximum atomic E-state index is 12.2. The van der Waals surface area contributed by atoms with Crippen molar-refractivity contribution in [2.75, 3.05) is 25.0 Å². The van der Waals surface area contributed by atoms with E-state index in [4.69, 9.17) is 4.74 Å². The number of anilines is 1. The molecule has 3 amide bonds. The van der Waals surface area contributed by atoms with E-state index >= 15 is 0 Å². The van der Waals surface area contributed by atoms with Gasteiger partial charge in [-0.1, -0.05) is 17.7 Å². The van der Waals surface area contributed by atoms with E-state index in [2.05, 4.69) is 16.0 Å². The lowest BCUT2D eigenvalue weighted by atomic mass is 10.1. The minimum absolute atomic E-state index is 0.0266. The van der Waals surface area contributed by atoms with Crippen LogP contribution in [0, 0.1) is 6.92 Å². The van der Waals surface area contributed by atoms with Crippen molar-refractivity contribution in [3.8, 4) is 0 Å². The lowest BCUT2D eigenvalue weighted by Gasteiger charge is -2.09. The molecule has 0 heterocycles. The highest BCUT2D eigenvalue weighted by Gasteiger charge is 2.09. The first-order chi connectivity index (χ1) is 14.9. The third-order valence-corrected chi connectivity index (χ3v) is 4.31. The Balaban J connectivity index is 1.71. The molecule has 0 aromatic heterocycles. The molecule has 3 N–H and O–H groups in total. The highest BCUT2D eigenvalue weighted by Crippen LogP contribution is 2.12. The van der Waals surface area contributed by atoms with Crippen molar-refractivity contribution in [3.05, 3.63) is 65.2 Å². The molecule has 2 rings (SSSR count). The second-order valence-electron chi connectivity index (χ2n) is 6.81. The monoisotopic (exact) mass is 425 g/mol. The Morgan fingerprint density at radius 3 is 2.00 bits per heavy atom. The molecule has 8 nitrogen and oxygen atoms in total. The minimum atomic E-state index is -0.413. The Kier molecular flexibility index (Phi) is 9.22. The SMILES string of the molecule is CCOC(=O)CCC(=O)NCCNC(=O)c1ccc(NC(=O)c2ccc(C)cc2)cc1. The summed E-state index contributed by atoms with van der Waals surface area (Å²) in [5.41, 5.74) is 2.64. The van der Waals surface area contributed by atoms with Crippen molar-refractivity contribution in [1.29, 1.82) is 0 Å². The Morgan fingerprint density at radius 2 is 1.35 bits per heavy atom. The van der Waals surface area contributed by atoms with Crippen LogP contribution in [0.15, 0.2) is 48.5 Å². The smallest absolute Gasteiger partial charge is 0.306 e. The normalized spacial score (nSPS) is 10.1. The second kappa shape index (κ2) is 12.1. The third kappa shape index (κ3) is 8.30. The van der Waals surface area contributed by atoms with Crippen LogP contribution in [0.5, 0.6) is 0 Å². The minimum Gasteiger partial charge on any atom is -0.466 e. The Bertz CT molecular complexity index is 908. The summed E-state index contributed by atoms with van der Waals surface area (Å²) in [7, 11) is 0. The van der Waals surface area contributed by atoms with E-state index in [0.29, 0.717) is 16.8 Å². The predicted molar refractivity (Wildman–Crippen MR) is 117 cm³/mol. The Morgan fingerprint density at radius 1 is 0.774 bits per heavy atom. The van der Waals surface area contributed by atoms with Gasteiger partial charge in [-0.05, 0) is 50.2 Å². The first-order valence-electron chi connectivity index (χ1n) is 10.1. The van der Waals surface area contributed by atoms with Crippen LogP contribution in [-0.4, -0.2) is 43.4 Å². The van der Waals surface area contributed by atoms with E-state index in [1.54, 1.807) is 43.3 Å². The Labute approximate surface area is 181 Å². The molecule has 0 unspecified atom stereocenters. The molecular formula is C23H27N3O5. The molecule has 0 aliphatic rings. The number of hydrogen-bond acceptors (Lipinski definition) is 5. The van der Waals surface area contributed by atoms with Gasteiger partial charge in [0.15, 0.2) is 0 Å². The van der Waals surface area contributed by atoms with Gasteiger partial charge in [-0.25, -0.2) is 0 Å². The number of carbonyl (C=O) groups is 4. The summed E-state index contributed by atoms with van der Waals surface area (Å²) < 4.78 is 4.76. The van der Waals surface area contributed by atoms with Crippen LogP contribution in [0.3, 0.4) is 0 Å². The van der Waals surface area contributed by atoms with Gasteiger partial charge < -0.3 is 20.7 Å². The topological polar surface area (TPSA) is 114 Å². The first kappa shape index (κ1) is 23.6. The highest BCUT2D eigenvalue weighted by molar-refractivity contribution is 6.04. The number of carbonyl (C=O) groups excluding carboxylic acids is 4. The summed E-state index contributed by atoms with van der Waals surface area (Å²) in [5.74, 6) is -1.21. The number of aryl methyl sites for hydroxylation is 1. The summed E-state index contributed by atoms with van der Waals surface area (Å²) in [6.07, 6.45) is 0.0708.